The number of anilines is 1. The molecule has 1 amide bonds. The molecule has 0 bridgehead atoms. The summed E-state index contributed by atoms with van der Waals surface area (Å²) in [5.74, 6) is -0.175. The Morgan fingerprint density at radius 2 is 1.77 bits per heavy atom. The summed E-state index contributed by atoms with van der Waals surface area (Å²) in [6, 6.07) is 21.2. The number of hydrogen-bond donors (Lipinski definition) is 2. The maximum atomic E-state index is 13.6. The third-order valence-electron chi connectivity index (χ3n) is 7.41. The van der Waals surface area contributed by atoms with E-state index >= 15 is 0 Å². The second-order valence-electron chi connectivity index (χ2n) is 11.5. The van der Waals surface area contributed by atoms with Crippen molar-refractivity contribution in [2.45, 2.75) is 56.1 Å². The molecule has 3 aromatic carbocycles. The standard InChI is InChI=1S/C31H38ClN3O4S/c1-31(2,3)24-10-13-27(14-11-24)40(38,39)33-28-15-12-25(32)18-23(28)19-30(37)34(4)29(22-8-6-5-7-9-22)21-35-17-16-26(36)20-35/h5-15,18,26,29,33,36H,16-17,19-21H2,1-4H3/t26-,29+/m0/s1. The summed E-state index contributed by atoms with van der Waals surface area (Å²) in [4.78, 5) is 17.6. The van der Waals surface area contributed by atoms with Gasteiger partial charge in [-0.05, 0) is 58.9 Å². The molecule has 0 unspecified atom stereocenters. The van der Waals surface area contributed by atoms with Gasteiger partial charge in [0.2, 0.25) is 5.91 Å². The Morgan fingerprint density at radius 3 is 2.38 bits per heavy atom. The number of carbonyl (C=O) groups excluding carboxylic acids is 1. The number of halogens is 1. The summed E-state index contributed by atoms with van der Waals surface area (Å²) in [6.07, 6.45) is 0.317. The third-order valence-corrected chi connectivity index (χ3v) is 9.02. The molecule has 2 N–H and O–H groups in total. The van der Waals surface area contributed by atoms with E-state index in [2.05, 4.69) is 30.4 Å². The van der Waals surface area contributed by atoms with Crippen molar-refractivity contribution < 1.29 is 18.3 Å². The van der Waals surface area contributed by atoms with Crippen molar-refractivity contribution in [3.8, 4) is 0 Å². The van der Waals surface area contributed by atoms with Crippen molar-refractivity contribution in [2.24, 2.45) is 0 Å². The van der Waals surface area contributed by atoms with Gasteiger partial charge in [-0.2, -0.15) is 0 Å². The van der Waals surface area contributed by atoms with Crippen LogP contribution in [-0.2, 0) is 26.7 Å². The van der Waals surface area contributed by atoms with Gasteiger partial charge in [-0.3, -0.25) is 14.4 Å². The van der Waals surface area contributed by atoms with Gasteiger partial charge >= 0.3 is 0 Å². The summed E-state index contributed by atoms with van der Waals surface area (Å²) in [6.45, 7) is 8.13. The summed E-state index contributed by atoms with van der Waals surface area (Å²) in [5.41, 5.74) is 2.72. The van der Waals surface area contributed by atoms with E-state index in [1.54, 1.807) is 42.3 Å². The van der Waals surface area contributed by atoms with E-state index in [-0.39, 0.29) is 34.8 Å². The second-order valence-corrected chi connectivity index (χ2v) is 13.6. The average Bonchev–Trinajstić information content (AvgIpc) is 3.33. The summed E-state index contributed by atoms with van der Waals surface area (Å²) >= 11 is 6.28. The molecule has 0 aliphatic carbocycles. The van der Waals surface area contributed by atoms with Crippen LogP contribution in [0.25, 0.3) is 0 Å². The molecule has 214 valence electrons. The number of sulfonamides is 1. The van der Waals surface area contributed by atoms with Crippen LogP contribution in [0.15, 0.2) is 77.7 Å². The maximum absolute atomic E-state index is 13.6. The minimum absolute atomic E-state index is 0.0379. The zero-order valence-corrected chi connectivity index (χ0v) is 25.0. The highest BCUT2D eigenvalue weighted by molar-refractivity contribution is 7.92. The smallest absolute Gasteiger partial charge is 0.261 e. The number of likely N-dealkylation sites (tertiary alicyclic amines) is 1. The number of hydrogen-bond acceptors (Lipinski definition) is 5. The fourth-order valence-corrected chi connectivity index (χ4v) is 6.25. The van der Waals surface area contributed by atoms with Gasteiger partial charge in [0.05, 0.1) is 29.1 Å². The minimum atomic E-state index is -3.90. The molecule has 1 aliphatic heterocycles. The molecule has 0 aromatic heterocycles. The lowest BCUT2D eigenvalue weighted by Gasteiger charge is -2.32. The van der Waals surface area contributed by atoms with Crippen molar-refractivity contribution >= 4 is 33.2 Å². The molecule has 7 nitrogen and oxygen atoms in total. The molecular formula is C31H38ClN3O4S. The molecule has 0 spiro atoms. The van der Waals surface area contributed by atoms with Crippen LogP contribution in [0.3, 0.4) is 0 Å². The molecule has 0 radical (unpaired) electrons. The van der Waals surface area contributed by atoms with Crippen molar-refractivity contribution in [3.05, 3.63) is 94.5 Å². The zero-order chi connectivity index (χ0) is 29.1. The summed E-state index contributed by atoms with van der Waals surface area (Å²) in [7, 11) is -2.13. The van der Waals surface area contributed by atoms with Crippen molar-refractivity contribution in [3.63, 3.8) is 0 Å². The minimum Gasteiger partial charge on any atom is -0.392 e. The first-order valence-electron chi connectivity index (χ1n) is 13.5. The molecular weight excluding hydrogens is 546 g/mol. The van der Waals surface area contributed by atoms with Gasteiger partial charge in [0.15, 0.2) is 0 Å². The molecule has 1 heterocycles. The van der Waals surface area contributed by atoms with E-state index in [1.165, 1.54) is 0 Å². The molecule has 0 saturated carbocycles. The Labute approximate surface area is 242 Å². The second kappa shape index (κ2) is 12.3. The Balaban J connectivity index is 1.55. The molecule has 1 aliphatic rings. The number of aliphatic hydroxyl groups is 1. The number of benzene rings is 3. The average molecular weight is 584 g/mol. The molecule has 1 fully saturated rings. The molecule has 9 heteroatoms. The van der Waals surface area contributed by atoms with E-state index in [0.717, 1.165) is 17.7 Å². The van der Waals surface area contributed by atoms with Crippen LogP contribution in [-0.4, -0.2) is 62.0 Å². The van der Waals surface area contributed by atoms with E-state index < -0.39 is 10.0 Å². The molecule has 3 aromatic rings. The highest BCUT2D eigenvalue weighted by Gasteiger charge is 2.29. The first kappa shape index (κ1) is 30.1. The quantitative estimate of drug-likeness (QED) is 0.359. The SMILES string of the molecule is CN(C(=O)Cc1cc(Cl)ccc1NS(=O)(=O)c1ccc(C(C)(C)C)cc1)[C@H](CN1CC[C@H](O)C1)c1ccccc1. The van der Waals surface area contributed by atoms with Crippen LogP contribution in [0.1, 0.15) is 49.9 Å². The number of rotatable bonds is 9. The number of likely N-dealkylation sites (N-methyl/N-ethyl adjacent to an activating group) is 1. The Hall–Kier alpha value is -2.91. The zero-order valence-electron chi connectivity index (χ0n) is 23.5. The van der Waals surface area contributed by atoms with E-state index in [9.17, 15) is 18.3 Å². The van der Waals surface area contributed by atoms with Crippen LogP contribution in [0.4, 0.5) is 5.69 Å². The largest absolute Gasteiger partial charge is 0.392 e. The normalized spacial score (nSPS) is 17.0. The van der Waals surface area contributed by atoms with Crippen LogP contribution in [0.2, 0.25) is 5.02 Å². The fourth-order valence-electron chi connectivity index (χ4n) is 4.96. The van der Waals surface area contributed by atoms with Crippen LogP contribution < -0.4 is 4.72 Å². The molecule has 1 saturated heterocycles. The molecule has 40 heavy (non-hydrogen) atoms. The Kier molecular flexibility index (Phi) is 9.25. The van der Waals surface area contributed by atoms with Gasteiger partial charge in [0.1, 0.15) is 0 Å². The van der Waals surface area contributed by atoms with E-state index in [1.807, 2.05) is 42.5 Å². The number of aliphatic hydroxyl groups excluding tert-OH is 1. The van der Waals surface area contributed by atoms with Gasteiger partial charge in [0, 0.05) is 31.7 Å². The van der Waals surface area contributed by atoms with Gasteiger partial charge in [-0.25, -0.2) is 8.42 Å². The topological polar surface area (TPSA) is 90.0 Å². The summed E-state index contributed by atoms with van der Waals surface area (Å²) < 4.78 is 29.2. The van der Waals surface area contributed by atoms with Crippen molar-refractivity contribution in [1.82, 2.24) is 9.80 Å². The van der Waals surface area contributed by atoms with Gasteiger partial charge in [-0.15, -0.1) is 0 Å². The number of amides is 1. The fraction of sp³-hybridized carbons (Fsp3) is 0.387. The highest BCUT2D eigenvalue weighted by atomic mass is 35.5. The van der Waals surface area contributed by atoms with Gasteiger partial charge in [0.25, 0.3) is 10.0 Å². The van der Waals surface area contributed by atoms with Crippen LogP contribution in [0.5, 0.6) is 0 Å². The number of β-amino-alcohol motifs (C(OH)–C–C–N with tert-alkyl or cyclic N) is 1. The Bertz CT molecular complexity index is 1420. The lowest BCUT2D eigenvalue weighted by atomic mass is 9.87. The van der Waals surface area contributed by atoms with Crippen molar-refractivity contribution in [1.29, 1.82) is 0 Å². The predicted octanol–water partition coefficient (Wildman–Crippen LogP) is 5.25. The lowest BCUT2D eigenvalue weighted by molar-refractivity contribution is -0.131. The van der Waals surface area contributed by atoms with Crippen LogP contribution in [0, 0.1) is 0 Å². The van der Waals surface area contributed by atoms with E-state index in [0.29, 0.717) is 35.8 Å². The van der Waals surface area contributed by atoms with E-state index in [4.69, 9.17) is 11.6 Å². The number of nitrogens with zero attached hydrogens (tertiary/aromatic N) is 2. The first-order valence-corrected chi connectivity index (χ1v) is 15.3. The maximum Gasteiger partial charge on any atom is 0.261 e. The third kappa shape index (κ3) is 7.43. The van der Waals surface area contributed by atoms with Gasteiger partial charge in [-0.1, -0.05) is 74.8 Å². The van der Waals surface area contributed by atoms with Crippen LogP contribution >= 0.6 is 11.6 Å². The monoisotopic (exact) mass is 583 g/mol. The highest BCUT2D eigenvalue weighted by Crippen LogP contribution is 2.29. The lowest BCUT2D eigenvalue weighted by Crippen LogP contribution is -2.39. The Morgan fingerprint density at radius 1 is 1.10 bits per heavy atom. The molecule has 4 rings (SSSR count). The first-order chi connectivity index (χ1) is 18.8. The van der Waals surface area contributed by atoms with Gasteiger partial charge < -0.3 is 10.0 Å². The van der Waals surface area contributed by atoms with Crippen molar-refractivity contribution in [2.75, 3.05) is 31.4 Å². The predicted molar refractivity (Wildman–Crippen MR) is 160 cm³/mol. The summed E-state index contributed by atoms with van der Waals surface area (Å²) in [5, 5.41) is 10.4. The number of carbonyl (C=O) groups is 1. The number of nitrogens with one attached hydrogen (secondary N) is 1. The molecule has 2 atom stereocenters.